The summed E-state index contributed by atoms with van der Waals surface area (Å²) < 4.78 is -0.506. The molecule has 0 spiro atoms. The minimum atomic E-state index is -0.514. The molecule has 258 valence electrons. The largest absolute Gasteiger partial charge is 0.325 e. The van der Waals surface area contributed by atoms with Gasteiger partial charge in [0, 0.05) is 36.5 Å². The number of rotatable bonds is 6. The van der Waals surface area contributed by atoms with Gasteiger partial charge in [0.25, 0.3) is 0 Å². The third-order valence-electron chi connectivity index (χ3n) is 11.6. The smallest absolute Gasteiger partial charge is 0.114 e. The molecule has 49 heavy (non-hydrogen) atoms. The van der Waals surface area contributed by atoms with Gasteiger partial charge in [0.2, 0.25) is 0 Å². The van der Waals surface area contributed by atoms with Crippen molar-refractivity contribution in [2.75, 3.05) is 22.9 Å². The molecular weight excluding hydrogens is 658 g/mol. The van der Waals surface area contributed by atoms with Gasteiger partial charge in [-0.1, -0.05) is 99.3 Å². The fraction of sp³-hybridized carbons (Fsp3) is 0.477. The molecule has 3 aliphatic carbocycles. The minimum absolute atomic E-state index is 0.319. The Hall–Kier alpha value is -2.47. The van der Waals surface area contributed by atoms with Gasteiger partial charge in [-0.05, 0) is 118 Å². The van der Waals surface area contributed by atoms with Crippen LogP contribution in [0.25, 0.3) is 6.08 Å². The number of benzene rings is 3. The van der Waals surface area contributed by atoms with Gasteiger partial charge in [0.15, 0.2) is 0 Å². The van der Waals surface area contributed by atoms with Crippen molar-refractivity contribution in [1.82, 2.24) is 0 Å². The highest BCUT2D eigenvalue weighted by molar-refractivity contribution is 7.63. The van der Waals surface area contributed by atoms with Crippen molar-refractivity contribution < 1.29 is 0 Å². The van der Waals surface area contributed by atoms with E-state index in [1.165, 1.54) is 108 Å². The van der Waals surface area contributed by atoms with Crippen molar-refractivity contribution in [2.45, 2.75) is 121 Å². The molecule has 0 radical (unpaired) electrons. The van der Waals surface area contributed by atoms with Crippen molar-refractivity contribution in [2.24, 2.45) is 0 Å². The number of hydrogen-bond acceptors (Lipinski definition) is 2. The maximum Gasteiger partial charge on any atom is 0.114 e. The van der Waals surface area contributed by atoms with E-state index in [4.69, 9.17) is 23.2 Å². The Kier molecular flexibility index (Phi) is 10.2. The van der Waals surface area contributed by atoms with Gasteiger partial charge in [0.05, 0.1) is 9.99 Å². The van der Waals surface area contributed by atoms with Crippen LogP contribution in [0.5, 0.6) is 0 Å². The third kappa shape index (κ3) is 6.58. The number of aryl methyl sites for hydroxylation is 6. The van der Waals surface area contributed by atoms with E-state index < -0.39 is 12.5 Å². The summed E-state index contributed by atoms with van der Waals surface area (Å²) in [4.78, 5) is 5.20. The summed E-state index contributed by atoms with van der Waals surface area (Å²) in [5.41, 5.74) is 19.3. The summed E-state index contributed by atoms with van der Waals surface area (Å²) in [7, 11) is -0.514. The molecule has 2 nitrogen and oxygen atoms in total. The number of nitrogens with zero attached hydrogens (tertiary/aromatic N) is 2. The molecule has 2 unspecified atom stereocenters. The van der Waals surface area contributed by atoms with Gasteiger partial charge in [-0.25, -0.2) is 0 Å². The fourth-order valence-corrected chi connectivity index (χ4v) is 16.0. The average Bonchev–Trinajstić information content (AvgIpc) is 3.86. The average molecular weight is 712 g/mol. The van der Waals surface area contributed by atoms with E-state index in [1.807, 2.05) is 0 Å². The van der Waals surface area contributed by atoms with Crippen LogP contribution < -0.4 is 9.80 Å². The van der Waals surface area contributed by atoms with Crippen LogP contribution in [-0.2, 0) is 0 Å². The Labute approximate surface area is 307 Å². The lowest BCUT2D eigenvalue weighted by Gasteiger charge is -2.41. The Morgan fingerprint density at radius 2 is 1.16 bits per heavy atom. The van der Waals surface area contributed by atoms with Crippen molar-refractivity contribution in [3.05, 3.63) is 116 Å². The summed E-state index contributed by atoms with van der Waals surface area (Å²) in [5.74, 6) is 1.25. The third-order valence-corrected chi connectivity index (χ3v) is 16.8. The number of anilines is 2. The van der Waals surface area contributed by atoms with Crippen LogP contribution in [0.4, 0.5) is 11.4 Å². The van der Waals surface area contributed by atoms with Crippen LogP contribution >= 0.6 is 31.1 Å². The zero-order valence-corrected chi connectivity index (χ0v) is 32.8. The van der Waals surface area contributed by atoms with E-state index in [1.54, 1.807) is 0 Å². The first-order chi connectivity index (χ1) is 23.6. The van der Waals surface area contributed by atoms with Crippen LogP contribution in [0.1, 0.15) is 96.7 Å². The first kappa shape index (κ1) is 35.0. The van der Waals surface area contributed by atoms with Gasteiger partial charge >= 0.3 is 0 Å². The van der Waals surface area contributed by atoms with E-state index in [2.05, 4.69) is 118 Å². The van der Waals surface area contributed by atoms with E-state index in [-0.39, 0.29) is 5.38 Å². The molecule has 1 heterocycles. The molecule has 2 atom stereocenters. The molecule has 3 aromatic rings. The highest BCUT2D eigenvalue weighted by atomic mass is 35.5. The predicted molar refractivity (Wildman–Crippen MR) is 215 cm³/mol. The van der Waals surface area contributed by atoms with E-state index in [9.17, 15) is 0 Å². The Balaban J connectivity index is 1.48. The molecule has 3 saturated carbocycles. The highest BCUT2D eigenvalue weighted by Crippen LogP contribution is 2.73. The van der Waals surface area contributed by atoms with Crippen LogP contribution in [-0.4, -0.2) is 34.4 Å². The van der Waals surface area contributed by atoms with E-state index in [0.29, 0.717) is 11.3 Å². The standard InChI is InChI=1S/C44H53Cl2N2P/c1-29-24-31(3)41(32(4)25-29)47-22-23-48(42-33(5)26-30(2)27-34(42)6)43(47)38-28-44(46,39(40(38)45)21-20-35-14-8-7-9-15-35)49(36-16-10-11-17-36)37-18-12-13-19-37/h7-9,14-15,20,24-27,36-37,40H,10-13,16-19,22-23,28H2,1-6H3. The number of alkyl halides is 2. The molecule has 0 aromatic heterocycles. The van der Waals surface area contributed by atoms with Crippen LogP contribution in [0.3, 0.4) is 0 Å². The SMILES string of the molecule is Cc1cc(C)c(N2CCN(c3c(C)cc(C)cc3C)C2=C2CC(Cl)(P(C3CCCC3)C3CCCC3)C(=C=Cc3ccccc3)C2Cl)c(C)c1. The Morgan fingerprint density at radius 3 is 1.61 bits per heavy atom. The quantitative estimate of drug-likeness (QED) is 0.143. The molecule has 1 aliphatic heterocycles. The van der Waals surface area contributed by atoms with E-state index >= 15 is 0 Å². The van der Waals surface area contributed by atoms with Gasteiger partial charge in [-0.3, -0.25) is 0 Å². The predicted octanol–water partition coefficient (Wildman–Crippen LogP) is 12.6. The number of hydrogen-bond donors (Lipinski definition) is 0. The van der Waals surface area contributed by atoms with Gasteiger partial charge in [0.1, 0.15) is 5.82 Å². The van der Waals surface area contributed by atoms with Crippen molar-refractivity contribution in [3.63, 3.8) is 0 Å². The number of allylic oxidation sites excluding steroid dienone is 2. The van der Waals surface area contributed by atoms with E-state index in [0.717, 1.165) is 30.6 Å². The first-order valence-corrected chi connectivity index (χ1v) is 20.9. The monoisotopic (exact) mass is 710 g/mol. The molecule has 0 amide bonds. The molecule has 7 rings (SSSR count). The lowest BCUT2D eigenvalue weighted by molar-refractivity contribution is 0.789. The van der Waals surface area contributed by atoms with Gasteiger partial charge in [-0.2, -0.15) is 0 Å². The Bertz CT molecular complexity index is 1680. The summed E-state index contributed by atoms with van der Waals surface area (Å²) in [6.07, 6.45) is 13.5. The van der Waals surface area contributed by atoms with Crippen molar-refractivity contribution >= 4 is 48.6 Å². The lowest BCUT2D eigenvalue weighted by atomic mass is 10.0. The first-order valence-electron chi connectivity index (χ1n) is 18.6. The topological polar surface area (TPSA) is 6.48 Å². The lowest BCUT2D eigenvalue weighted by Crippen LogP contribution is -2.29. The molecule has 4 fully saturated rings. The molecule has 5 heteroatoms. The molecular formula is C44H53Cl2N2P. The maximum atomic E-state index is 8.40. The second-order valence-corrected chi connectivity index (χ2v) is 19.7. The Morgan fingerprint density at radius 1 is 0.714 bits per heavy atom. The molecule has 1 saturated heterocycles. The number of halogens is 2. The van der Waals surface area contributed by atoms with Gasteiger partial charge in [-0.15, -0.1) is 28.9 Å². The van der Waals surface area contributed by atoms with Crippen molar-refractivity contribution in [3.8, 4) is 0 Å². The van der Waals surface area contributed by atoms with Crippen LogP contribution in [0, 0.1) is 41.5 Å². The van der Waals surface area contributed by atoms with Crippen molar-refractivity contribution in [1.29, 1.82) is 0 Å². The summed E-state index contributed by atoms with van der Waals surface area (Å²) >= 11 is 16.3. The molecule has 0 bridgehead atoms. The molecule has 4 aliphatic rings. The minimum Gasteiger partial charge on any atom is -0.325 e. The van der Waals surface area contributed by atoms with Crippen LogP contribution in [0.15, 0.2) is 77.3 Å². The summed E-state index contributed by atoms with van der Waals surface area (Å²) in [5, 5.41) is -0.319. The van der Waals surface area contributed by atoms with Crippen LogP contribution in [0.2, 0.25) is 0 Å². The fourth-order valence-electron chi connectivity index (χ4n) is 9.90. The second-order valence-electron chi connectivity index (χ2n) is 15.3. The second kappa shape index (κ2) is 14.3. The maximum absolute atomic E-state index is 8.40. The molecule has 0 N–H and O–H groups in total. The normalized spacial score (nSPS) is 23.4. The summed E-state index contributed by atoms with van der Waals surface area (Å²) in [6, 6.07) is 19.9. The molecule has 3 aromatic carbocycles. The summed E-state index contributed by atoms with van der Waals surface area (Å²) in [6.45, 7) is 15.3. The zero-order chi connectivity index (χ0) is 34.4. The highest BCUT2D eigenvalue weighted by Gasteiger charge is 2.56. The van der Waals surface area contributed by atoms with Gasteiger partial charge < -0.3 is 9.80 Å². The zero-order valence-electron chi connectivity index (χ0n) is 30.4.